The van der Waals surface area contributed by atoms with Gasteiger partial charge < -0.3 is 5.32 Å². The Morgan fingerprint density at radius 2 is 1.75 bits per heavy atom. The van der Waals surface area contributed by atoms with Gasteiger partial charge in [0.25, 0.3) is 0 Å². The van der Waals surface area contributed by atoms with Gasteiger partial charge in [-0.1, -0.05) is 55.0 Å². The van der Waals surface area contributed by atoms with Crippen LogP contribution in [0.2, 0.25) is 0 Å². The molecule has 1 heterocycles. The van der Waals surface area contributed by atoms with Crippen LogP contribution in [-0.4, -0.2) is 19.1 Å². The summed E-state index contributed by atoms with van der Waals surface area (Å²) in [6.45, 7) is 1.54. The lowest BCUT2D eigenvalue weighted by Gasteiger charge is -2.43. The van der Waals surface area contributed by atoms with Crippen molar-refractivity contribution in [2.75, 3.05) is 18.0 Å². The molecule has 0 radical (unpaired) electrons. The summed E-state index contributed by atoms with van der Waals surface area (Å²) in [6.07, 6.45) is 5.67. The lowest BCUT2D eigenvalue weighted by atomic mass is 9.64. The molecule has 0 bridgehead atoms. The third kappa shape index (κ3) is 2.68. The average molecular weight is 320 g/mol. The van der Waals surface area contributed by atoms with Gasteiger partial charge in [-0.15, -0.1) is 0 Å². The summed E-state index contributed by atoms with van der Waals surface area (Å²) in [5.41, 5.74) is 3.84. The molecule has 124 valence electrons. The summed E-state index contributed by atoms with van der Waals surface area (Å²) in [4.78, 5) is 14.7. The van der Waals surface area contributed by atoms with Crippen LogP contribution >= 0.6 is 0 Å². The van der Waals surface area contributed by atoms with E-state index in [1.165, 1.54) is 17.5 Å². The molecule has 2 amide bonds. The number of hydrogen-bond donors (Lipinski definition) is 1. The van der Waals surface area contributed by atoms with Crippen LogP contribution < -0.4 is 10.2 Å². The second-order valence-corrected chi connectivity index (χ2v) is 7.04. The Kier molecular flexibility index (Phi) is 4.01. The van der Waals surface area contributed by atoms with Gasteiger partial charge >= 0.3 is 6.03 Å². The minimum atomic E-state index is 0.0457. The molecular formula is C21H24N2O. The number of nitrogens with zero attached hydrogens (tertiary/aromatic N) is 1. The van der Waals surface area contributed by atoms with Crippen LogP contribution in [-0.2, 0) is 11.8 Å². The van der Waals surface area contributed by atoms with Crippen LogP contribution in [0.5, 0.6) is 0 Å². The predicted molar refractivity (Wildman–Crippen MR) is 97.5 cm³/mol. The molecule has 2 aromatic carbocycles. The molecule has 1 fully saturated rings. The zero-order valence-corrected chi connectivity index (χ0v) is 14.0. The largest absolute Gasteiger partial charge is 0.337 e. The van der Waals surface area contributed by atoms with E-state index in [9.17, 15) is 4.79 Å². The fraction of sp³-hybridized carbons (Fsp3) is 0.381. The van der Waals surface area contributed by atoms with Crippen molar-refractivity contribution < 1.29 is 4.79 Å². The van der Waals surface area contributed by atoms with Crippen LogP contribution in [0.4, 0.5) is 10.5 Å². The van der Waals surface area contributed by atoms with Crippen molar-refractivity contribution >= 4 is 11.7 Å². The van der Waals surface area contributed by atoms with E-state index in [-0.39, 0.29) is 11.4 Å². The van der Waals surface area contributed by atoms with E-state index in [1.807, 2.05) is 11.0 Å². The Balaban J connectivity index is 1.48. The zero-order chi connectivity index (χ0) is 16.4. The quantitative estimate of drug-likeness (QED) is 0.900. The highest BCUT2D eigenvalue weighted by Crippen LogP contribution is 2.43. The van der Waals surface area contributed by atoms with Gasteiger partial charge in [0.1, 0.15) is 0 Å². The molecule has 3 heteroatoms. The first-order valence-electron chi connectivity index (χ1n) is 8.97. The van der Waals surface area contributed by atoms with Gasteiger partial charge in [-0.05, 0) is 42.9 Å². The van der Waals surface area contributed by atoms with Crippen molar-refractivity contribution in [3.63, 3.8) is 0 Å². The van der Waals surface area contributed by atoms with Crippen molar-refractivity contribution in [3.05, 3.63) is 65.7 Å². The summed E-state index contributed by atoms with van der Waals surface area (Å²) in [5, 5.41) is 3.22. The van der Waals surface area contributed by atoms with Gasteiger partial charge in [-0.3, -0.25) is 4.90 Å². The molecule has 1 N–H and O–H groups in total. The molecule has 2 aromatic rings. The van der Waals surface area contributed by atoms with Crippen molar-refractivity contribution in [2.24, 2.45) is 0 Å². The normalized spacial score (nSPS) is 18.4. The molecule has 0 spiro atoms. The number of benzene rings is 2. The number of carbonyl (C=O) groups excluding carboxylic acids is 1. The number of urea groups is 1. The summed E-state index contributed by atoms with van der Waals surface area (Å²) >= 11 is 0. The first-order chi connectivity index (χ1) is 11.8. The van der Waals surface area contributed by atoms with Crippen molar-refractivity contribution in [2.45, 2.75) is 37.5 Å². The molecule has 2 aliphatic rings. The number of fused-ring (bicyclic) bond motifs is 1. The molecule has 4 rings (SSSR count). The van der Waals surface area contributed by atoms with Gasteiger partial charge in [0, 0.05) is 24.2 Å². The number of rotatable bonds is 3. The second-order valence-electron chi connectivity index (χ2n) is 7.04. The first kappa shape index (κ1) is 15.3. The highest BCUT2D eigenvalue weighted by molar-refractivity contribution is 5.93. The fourth-order valence-electron chi connectivity index (χ4n) is 4.05. The maximum atomic E-state index is 12.8. The molecule has 1 aliphatic heterocycles. The average Bonchev–Trinajstić information content (AvgIpc) is 2.61. The molecule has 0 aromatic heterocycles. The number of para-hydroxylation sites is 1. The Labute approximate surface area is 143 Å². The number of hydrogen-bond acceptors (Lipinski definition) is 1. The highest BCUT2D eigenvalue weighted by Gasteiger charge is 2.39. The summed E-state index contributed by atoms with van der Waals surface area (Å²) < 4.78 is 0. The molecular weight excluding hydrogens is 296 g/mol. The molecule has 0 saturated heterocycles. The predicted octanol–water partition coefficient (Wildman–Crippen LogP) is 4.27. The van der Waals surface area contributed by atoms with Gasteiger partial charge in [0.2, 0.25) is 0 Å². The van der Waals surface area contributed by atoms with Crippen molar-refractivity contribution in [1.29, 1.82) is 0 Å². The zero-order valence-electron chi connectivity index (χ0n) is 14.0. The van der Waals surface area contributed by atoms with E-state index in [0.29, 0.717) is 0 Å². The lowest BCUT2D eigenvalue weighted by molar-refractivity contribution is 0.218. The number of carbonyl (C=O) groups is 1. The Morgan fingerprint density at radius 1 is 1.00 bits per heavy atom. The van der Waals surface area contributed by atoms with Crippen molar-refractivity contribution in [1.82, 2.24) is 5.32 Å². The Hall–Kier alpha value is -2.29. The van der Waals surface area contributed by atoms with E-state index < -0.39 is 0 Å². The molecule has 3 nitrogen and oxygen atoms in total. The highest BCUT2D eigenvalue weighted by atomic mass is 16.2. The van der Waals surface area contributed by atoms with Gasteiger partial charge in [-0.25, -0.2) is 4.79 Å². The third-order valence-corrected chi connectivity index (χ3v) is 5.63. The molecule has 1 saturated carbocycles. The standard InChI is InChI=1S/C21H24N2O/c24-20(23-15-6-9-17-8-4-5-12-19(17)23)22-16-21(13-7-14-21)18-10-2-1-3-11-18/h1-5,8,10-12H,6-7,9,13-16H2,(H,22,24). The van der Waals surface area contributed by atoms with E-state index in [1.54, 1.807) is 0 Å². The topological polar surface area (TPSA) is 32.3 Å². The lowest BCUT2D eigenvalue weighted by Crippen LogP contribution is -2.50. The molecule has 0 atom stereocenters. The van der Waals surface area contributed by atoms with Gasteiger partial charge in [0.05, 0.1) is 0 Å². The number of aryl methyl sites for hydroxylation is 1. The second kappa shape index (κ2) is 6.31. The number of anilines is 1. The summed E-state index contributed by atoms with van der Waals surface area (Å²) in [6, 6.07) is 18.9. The fourth-order valence-corrected chi connectivity index (χ4v) is 4.05. The molecule has 1 aliphatic carbocycles. The third-order valence-electron chi connectivity index (χ3n) is 5.63. The minimum Gasteiger partial charge on any atom is -0.337 e. The van der Waals surface area contributed by atoms with E-state index in [0.717, 1.165) is 44.5 Å². The van der Waals surface area contributed by atoms with Gasteiger partial charge in [-0.2, -0.15) is 0 Å². The van der Waals surface area contributed by atoms with Gasteiger partial charge in [0.15, 0.2) is 0 Å². The summed E-state index contributed by atoms with van der Waals surface area (Å²) in [5.74, 6) is 0. The summed E-state index contributed by atoms with van der Waals surface area (Å²) in [7, 11) is 0. The SMILES string of the molecule is O=C(NCC1(c2ccccc2)CCC1)N1CCCc2ccccc21. The maximum absolute atomic E-state index is 12.8. The Morgan fingerprint density at radius 3 is 2.50 bits per heavy atom. The number of amides is 2. The maximum Gasteiger partial charge on any atom is 0.321 e. The van der Waals surface area contributed by atoms with Crippen LogP contribution in [0, 0.1) is 0 Å². The monoisotopic (exact) mass is 320 g/mol. The van der Waals surface area contributed by atoms with Crippen LogP contribution in [0.15, 0.2) is 54.6 Å². The minimum absolute atomic E-state index is 0.0457. The first-order valence-corrected chi connectivity index (χ1v) is 8.97. The Bertz CT molecular complexity index is 722. The smallest absolute Gasteiger partial charge is 0.321 e. The van der Waals surface area contributed by atoms with E-state index in [2.05, 4.69) is 53.8 Å². The van der Waals surface area contributed by atoms with Crippen molar-refractivity contribution in [3.8, 4) is 0 Å². The van der Waals surface area contributed by atoms with Crippen LogP contribution in [0.25, 0.3) is 0 Å². The van der Waals surface area contributed by atoms with E-state index >= 15 is 0 Å². The van der Waals surface area contributed by atoms with Crippen LogP contribution in [0.1, 0.15) is 36.8 Å². The number of nitrogens with one attached hydrogen (secondary N) is 1. The van der Waals surface area contributed by atoms with Crippen LogP contribution in [0.3, 0.4) is 0 Å². The van der Waals surface area contributed by atoms with E-state index in [4.69, 9.17) is 0 Å². The molecule has 0 unspecified atom stereocenters. The molecule has 24 heavy (non-hydrogen) atoms.